The molecule has 317 valence electrons. The lowest BCUT2D eigenvalue weighted by Gasteiger charge is -2.48. The molecule has 3 heterocycles. The number of aliphatic hydroxyl groups is 2. The third-order valence-corrected chi connectivity index (χ3v) is 10.9. The highest BCUT2D eigenvalue weighted by atomic mass is 32.2. The van der Waals surface area contributed by atoms with Crippen molar-refractivity contribution >= 4 is 27.9 Å². The summed E-state index contributed by atoms with van der Waals surface area (Å²) in [6, 6.07) is 3.74. The molecule has 3 saturated heterocycles. The number of nitrogens with zero attached hydrogens (tertiary/aromatic N) is 3. The molecule has 1 aromatic rings. The molecule has 3 aliphatic heterocycles. The fourth-order valence-corrected chi connectivity index (χ4v) is 8.19. The lowest BCUT2D eigenvalue weighted by molar-refractivity contribution is -0.387. The first-order chi connectivity index (χ1) is 26.0. The molecule has 3 aliphatic rings. The minimum absolute atomic E-state index is 0.00580. The number of para-hydroxylation sites is 1. The van der Waals surface area contributed by atoms with Crippen molar-refractivity contribution in [2.24, 2.45) is 5.92 Å². The molecule has 0 saturated carbocycles. The number of sulfonamides is 1. The van der Waals surface area contributed by atoms with Gasteiger partial charge in [0.05, 0.1) is 30.8 Å². The van der Waals surface area contributed by atoms with Crippen molar-refractivity contribution in [3.05, 3.63) is 40.5 Å². The number of ether oxygens (including phenoxy) is 7. The van der Waals surface area contributed by atoms with Gasteiger partial charge >= 0.3 is 12.2 Å². The monoisotopic (exact) mass is 817 g/mol. The van der Waals surface area contributed by atoms with E-state index >= 15 is 0 Å². The average Bonchev–Trinajstić information content (AvgIpc) is 3.08. The summed E-state index contributed by atoms with van der Waals surface area (Å²) in [7, 11) is -3.15. The Kier molecular flexibility index (Phi) is 15.1. The number of nitro groups is 1. The Morgan fingerprint density at radius 1 is 1.07 bits per heavy atom. The summed E-state index contributed by atoms with van der Waals surface area (Å²) in [4.78, 5) is 37.6. The largest absolute Gasteiger partial charge is 0.444 e. The first kappa shape index (κ1) is 45.5. The molecule has 0 aromatic heterocycles. The Morgan fingerprint density at radius 3 is 2.38 bits per heavy atom. The predicted octanol–water partition coefficient (Wildman–Crippen LogP) is 3.27. The Morgan fingerprint density at radius 2 is 1.75 bits per heavy atom. The van der Waals surface area contributed by atoms with E-state index in [0.717, 1.165) is 34.2 Å². The number of amides is 2. The smallest absolute Gasteiger partial charge is 0.410 e. The van der Waals surface area contributed by atoms with Crippen LogP contribution >= 0.6 is 0 Å². The number of nitrogens with one attached hydrogen (secondary N) is 1. The van der Waals surface area contributed by atoms with Crippen molar-refractivity contribution in [1.82, 2.24) is 14.5 Å². The SMILES string of the molecule is CN(C(=O)OC(C)(C)C)[C@@H]1[C@@H](O)[C@@H](O[C]2C[C@@H](CN(CCOC3CCCCO3)S(=O)(=O)c3ccccc3[N+](=O)[O-])CO[C@@H]2NC(=O)OC(C)(C)C)OC[C@]1(C)O. The zero-order valence-corrected chi connectivity index (χ0v) is 34.1. The number of likely N-dealkylation sites (N-methyl/N-ethyl adjacent to an activating group) is 1. The van der Waals surface area contributed by atoms with Crippen LogP contribution in [0.25, 0.3) is 0 Å². The molecule has 0 spiro atoms. The van der Waals surface area contributed by atoms with Gasteiger partial charge in [0.1, 0.15) is 29.0 Å². The average molecular weight is 818 g/mol. The highest BCUT2D eigenvalue weighted by Gasteiger charge is 2.52. The van der Waals surface area contributed by atoms with Crippen LogP contribution in [0.15, 0.2) is 29.2 Å². The van der Waals surface area contributed by atoms with Gasteiger partial charge in [0.2, 0.25) is 10.0 Å². The Balaban J connectivity index is 1.61. The highest BCUT2D eigenvalue weighted by Crippen LogP contribution is 2.36. The quantitative estimate of drug-likeness (QED) is 0.191. The molecule has 1 radical (unpaired) electrons. The fraction of sp³-hybridized carbons (Fsp3) is 0.750. The molecule has 2 amide bonds. The zero-order chi connectivity index (χ0) is 41.6. The molecule has 20 heteroatoms. The van der Waals surface area contributed by atoms with Crippen LogP contribution in [0, 0.1) is 22.1 Å². The normalized spacial score (nSPS) is 28.1. The number of aliphatic hydroxyl groups excluding tert-OH is 1. The lowest BCUT2D eigenvalue weighted by Crippen LogP contribution is -2.67. The van der Waals surface area contributed by atoms with Gasteiger partial charge in [-0.25, -0.2) is 18.0 Å². The number of benzene rings is 1. The predicted molar refractivity (Wildman–Crippen MR) is 197 cm³/mol. The minimum Gasteiger partial charge on any atom is -0.444 e. The van der Waals surface area contributed by atoms with Gasteiger partial charge in [-0.3, -0.25) is 15.4 Å². The van der Waals surface area contributed by atoms with Crippen LogP contribution in [0.3, 0.4) is 0 Å². The van der Waals surface area contributed by atoms with Gasteiger partial charge in [-0.1, -0.05) is 12.1 Å². The molecular weight excluding hydrogens is 760 g/mol. The van der Waals surface area contributed by atoms with Crippen molar-refractivity contribution in [2.75, 3.05) is 46.6 Å². The van der Waals surface area contributed by atoms with Crippen molar-refractivity contribution in [3.63, 3.8) is 0 Å². The number of carbonyl (C=O) groups is 2. The van der Waals surface area contributed by atoms with E-state index in [0.29, 0.717) is 13.0 Å². The Labute approximate surface area is 328 Å². The number of hydrogen-bond acceptors (Lipinski definition) is 15. The maximum Gasteiger partial charge on any atom is 0.410 e. The third-order valence-electron chi connectivity index (χ3n) is 9.00. The summed E-state index contributed by atoms with van der Waals surface area (Å²) in [6.07, 6.45) is -4.31. The van der Waals surface area contributed by atoms with E-state index in [1.54, 1.807) is 41.5 Å². The van der Waals surface area contributed by atoms with Crippen LogP contribution < -0.4 is 5.32 Å². The number of nitro benzene ring substituents is 1. The molecule has 3 fully saturated rings. The third kappa shape index (κ3) is 12.4. The van der Waals surface area contributed by atoms with E-state index < -0.39 is 91.4 Å². The summed E-state index contributed by atoms with van der Waals surface area (Å²) in [6.45, 7) is 10.9. The second kappa shape index (κ2) is 18.6. The topological polar surface area (TPSA) is 235 Å². The number of alkyl carbamates (subject to hydrolysis) is 1. The molecule has 0 aliphatic carbocycles. The molecule has 19 nitrogen and oxygen atoms in total. The second-order valence-corrected chi connectivity index (χ2v) is 18.2. The minimum atomic E-state index is -4.50. The number of rotatable bonds is 13. The molecule has 1 unspecified atom stereocenters. The Bertz CT molecular complexity index is 1610. The highest BCUT2D eigenvalue weighted by molar-refractivity contribution is 7.89. The van der Waals surface area contributed by atoms with Crippen molar-refractivity contribution in [2.45, 2.75) is 127 Å². The Hall–Kier alpha value is -3.21. The molecular formula is C36H57N4O15S. The van der Waals surface area contributed by atoms with E-state index in [1.807, 2.05) is 0 Å². The summed E-state index contributed by atoms with van der Waals surface area (Å²) >= 11 is 0. The van der Waals surface area contributed by atoms with Crippen LogP contribution in [-0.4, -0.2) is 139 Å². The standard InChI is InChI=1S/C36H57N4O15S/c1-34(2,3)54-32(42)37-30-25(53-31-28(41)29(36(7,44)22-52-31)38(8)33(43)55-35(4,5)6)19-23(21-51-30)20-39(16-18-50-27-15-11-12-17-49-27)56(47,48)26-14-10-9-13-24(26)40(45)46/h9-10,13-14,23,27-31,41,44H,11-12,15-22H2,1-8H3,(H,37,42)/t23-,27?,28+,29+,30-,31+,36-/m0/s1. The van der Waals surface area contributed by atoms with Gasteiger partial charge in [-0.2, -0.15) is 4.31 Å². The number of hydrogen-bond donors (Lipinski definition) is 3. The number of carbonyl (C=O) groups excluding carboxylic acids is 2. The molecule has 56 heavy (non-hydrogen) atoms. The van der Waals surface area contributed by atoms with Gasteiger partial charge in [-0.05, 0) is 86.1 Å². The van der Waals surface area contributed by atoms with Crippen LogP contribution in [0.4, 0.5) is 15.3 Å². The molecule has 1 aromatic carbocycles. The zero-order valence-electron chi connectivity index (χ0n) is 33.3. The maximum atomic E-state index is 14.2. The van der Waals surface area contributed by atoms with Gasteiger partial charge in [0, 0.05) is 32.8 Å². The van der Waals surface area contributed by atoms with E-state index in [4.69, 9.17) is 33.2 Å². The molecule has 7 atom stereocenters. The molecule has 4 rings (SSSR count). The van der Waals surface area contributed by atoms with Crippen molar-refractivity contribution in [1.29, 1.82) is 0 Å². The van der Waals surface area contributed by atoms with Crippen LogP contribution in [0.1, 0.15) is 74.1 Å². The van der Waals surface area contributed by atoms with Crippen LogP contribution in [0.5, 0.6) is 0 Å². The van der Waals surface area contributed by atoms with E-state index in [2.05, 4.69) is 5.32 Å². The maximum absolute atomic E-state index is 14.2. The van der Waals surface area contributed by atoms with Gasteiger partial charge < -0.3 is 48.3 Å². The summed E-state index contributed by atoms with van der Waals surface area (Å²) in [5, 5.41) is 37.3. The molecule has 3 N–H and O–H groups in total. The summed E-state index contributed by atoms with van der Waals surface area (Å²) < 4.78 is 69.7. The van der Waals surface area contributed by atoms with Gasteiger partial charge in [0.15, 0.2) is 23.7 Å². The van der Waals surface area contributed by atoms with E-state index in [1.165, 1.54) is 26.1 Å². The van der Waals surface area contributed by atoms with Gasteiger partial charge in [-0.15, -0.1) is 0 Å². The fourth-order valence-electron chi connectivity index (χ4n) is 6.53. The van der Waals surface area contributed by atoms with Crippen LogP contribution in [0.2, 0.25) is 0 Å². The lowest BCUT2D eigenvalue weighted by atomic mass is 9.88. The van der Waals surface area contributed by atoms with E-state index in [9.17, 15) is 38.3 Å². The summed E-state index contributed by atoms with van der Waals surface area (Å²) in [5.74, 6) is -0.672. The van der Waals surface area contributed by atoms with E-state index in [-0.39, 0.29) is 45.4 Å². The first-order valence-electron chi connectivity index (χ1n) is 18.6. The van der Waals surface area contributed by atoms with Crippen molar-refractivity contribution < 1.29 is 66.3 Å². The molecule has 0 bridgehead atoms. The van der Waals surface area contributed by atoms with Gasteiger partial charge in [0.25, 0.3) is 5.69 Å². The first-order valence-corrected chi connectivity index (χ1v) is 20.0. The van der Waals surface area contributed by atoms with Crippen LogP contribution in [-0.2, 0) is 43.2 Å². The second-order valence-electron chi connectivity index (χ2n) is 16.3. The summed E-state index contributed by atoms with van der Waals surface area (Å²) in [5.41, 5.74) is -4.11. The van der Waals surface area contributed by atoms with Crippen molar-refractivity contribution in [3.8, 4) is 0 Å².